The van der Waals surface area contributed by atoms with Crippen LogP contribution < -0.4 is 10.4 Å². The second kappa shape index (κ2) is 6.21. The fourth-order valence-electron chi connectivity index (χ4n) is 4.21. The number of nitrogens with zero attached hydrogens (tertiary/aromatic N) is 2. The van der Waals surface area contributed by atoms with Crippen LogP contribution in [0.15, 0.2) is 36.7 Å². The highest BCUT2D eigenvalue weighted by atomic mass is 16.5. The fraction of sp³-hybridized carbons (Fsp3) is 0.350. The molecule has 1 fully saturated rings. The summed E-state index contributed by atoms with van der Waals surface area (Å²) in [5.74, 6) is -0.337. The van der Waals surface area contributed by atoms with Crippen molar-refractivity contribution in [2.45, 2.75) is 32.6 Å². The number of carbonyl (C=O) groups excluding carboxylic acids is 2. The van der Waals surface area contributed by atoms with E-state index in [9.17, 15) is 9.59 Å². The minimum atomic E-state index is -0.511. The molecule has 1 aromatic carbocycles. The molecule has 1 aromatic heterocycles. The van der Waals surface area contributed by atoms with Crippen LogP contribution in [0.25, 0.3) is 0 Å². The molecular weight excluding hydrogens is 330 g/mol. The predicted molar refractivity (Wildman–Crippen MR) is 96.1 cm³/mol. The molecule has 2 N–H and O–H groups in total. The smallest absolute Gasteiger partial charge is 0.274 e. The highest BCUT2D eigenvalue weighted by Crippen LogP contribution is 2.45. The van der Waals surface area contributed by atoms with Crippen LogP contribution in [0.2, 0.25) is 0 Å². The Morgan fingerprint density at radius 3 is 2.85 bits per heavy atom. The normalized spacial score (nSPS) is 21.8. The van der Waals surface area contributed by atoms with Gasteiger partial charge >= 0.3 is 0 Å². The molecule has 0 radical (unpaired) electrons. The van der Waals surface area contributed by atoms with Crippen LogP contribution in [0.3, 0.4) is 0 Å². The quantitative estimate of drug-likeness (QED) is 0.643. The van der Waals surface area contributed by atoms with E-state index in [1.807, 2.05) is 30.0 Å². The summed E-state index contributed by atoms with van der Waals surface area (Å²) < 4.78 is 0. The van der Waals surface area contributed by atoms with Crippen molar-refractivity contribution in [1.82, 2.24) is 10.5 Å². The van der Waals surface area contributed by atoms with Crippen molar-refractivity contribution in [2.75, 3.05) is 11.4 Å². The molecule has 1 atom stereocenters. The van der Waals surface area contributed by atoms with Gasteiger partial charge in [0.25, 0.3) is 5.91 Å². The second-order valence-electron chi connectivity index (χ2n) is 7.31. The number of carbonyl (C=O) groups is 2. The van der Waals surface area contributed by atoms with Crippen LogP contribution >= 0.6 is 0 Å². The maximum absolute atomic E-state index is 13.2. The van der Waals surface area contributed by atoms with Crippen molar-refractivity contribution in [2.24, 2.45) is 5.41 Å². The van der Waals surface area contributed by atoms with Gasteiger partial charge in [0.1, 0.15) is 0 Å². The van der Waals surface area contributed by atoms with Crippen molar-refractivity contribution < 1.29 is 14.8 Å². The van der Waals surface area contributed by atoms with Gasteiger partial charge in [0.15, 0.2) is 0 Å². The number of pyridine rings is 1. The summed E-state index contributed by atoms with van der Waals surface area (Å²) in [5, 5.41) is 8.80. The van der Waals surface area contributed by atoms with Gasteiger partial charge in [-0.05, 0) is 67.5 Å². The molecule has 4 rings (SSSR count). The van der Waals surface area contributed by atoms with Crippen molar-refractivity contribution in [3.05, 3.63) is 58.9 Å². The van der Waals surface area contributed by atoms with Crippen LogP contribution in [0.4, 0.5) is 5.69 Å². The molecule has 1 spiro atoms. The first-order chi connectivity index (χ1) is 12.5. The number of benzene rings is 1. The molecule has 1 saturated heterocycles. The third kappa shape index (κ3) is 2.66. The molecule has 0 bridgehead atoms. The number of amides is 2. The van der Waals surface area contributed by atoms with Gasteiger partial charge in [-0.25, -0.2) is 5.48 Å². The van der Waals surface area contributed by atoms with Crippen LogP contribution in [0, 0.1) is 12.3 Å². The highest BCUT2D eigenvalue weighted by molar-refractivity contribution is 6.00. The molecule has 2 aliphatic rings. The maximum atomic E-state index is 13.2. The Bertz CT molecular complexity index is 896. The van der Waals surface area contributed by atoms with Gasteiger partial charge in [-0.3, -0.25) is 19.8 Å². The van der Waals surface area contributed by atoms with Crippen LogP contribution in [-0.2, 0) is 17.6 Å². The van der Waals surface area contributed by atoms with E-state index in [-0.39, 0.29) is 11.3 Å². The Morgan fingerprint density at radius 1 is 1.23 bits per heavy atom. The number of hydroxylamine groups is 1. The lowest BCUT2D eigenvalue weighted by Gasteiger charge is -2.33. The Labute approximate surface area is 151 Å². The molecule has 0 saturated carbocycles. The first-order valence-electron chi connectivity index (χ1n) is 8.82. The molecule has 2 aromatic rings. The second-order valence-corrected chi connectivity index (χ2v) is 7.31. The van der Waals surface area contributed by atoms with E-state index in [1.165, 1.54) is 0 Å². The molecule has 6 heteroatoms. The summed E-state index contributed by atoms with van der Waals surface area (Å²) in [6.45, 7) is 2.69. The first-order valence-corrected chi connectivity index (χ1v) is 8.82. The van der Waals surface area contributed by atoms with Crippen molar-refractivity contribution in [1.29, 1.82) is 0 Å². The number of hydrogen-bond acceptors (Lipinski definition) is 4. The lowest BCUT2D eigenvalue weighted by Crippen LogP contribution is -2.39. The Hall–Kier alpha value is -2.73. The summed E-state index contributed by atoms with van der Waals surface area (Å²) in [6.07, 6.45) is 6.60. The van der Waals surface area contributed by atoms with E-state index in [0.717, 1.165) is 41.6 Å². The van der Waals surface area contributed by atoms with Gasteiger partial charge in [0, 0.05) is 18.3 Å². The summed E-state index contributed by atoms with van der Waals surface area (Å²) in [6, 6.07) is 7.42. The molecule has 134 valence electrons. The van der Waals surface area contributed by atoms with E-state index in [4.69, 9.17) is 5.21 Å². The molecule has 2 heterocycles. The number of hydrogen-bond donors (Lipinski definition) is 2. The molecular formula is C20H21N3O3. The number of nitrogens with one attached hydrogen (secondary N) is 1. The topological polar surface area (TPSA) is 82.5 Å². The number of fused-ring (bicyclic) bond motifs is 1. The minimum absolute atomic E-state index is 0.174. The Balaban J connectivity index is 1.60. The van der Waals surface area contributed by atoms with E-state index < -0.39 is 5.91 Å². The van der Waals surface area contributed by atoms with E-state index >= 15 is 0 Å². The van der Waals surface area contributed by atoms with Crippen molar-refractivity contribution in [3.8, 4) is 0 Å². The Kier molecular flexibility index (Phi) is 4.00. The maximum Gasteiger partial charge on any atom is 0.274 e. The summed E-state index contributed by atoms with van der Waals surface area (Å²) >= 11 is 0. The standard InChI is InChI=1S/C20H21N3O3/c1-13-8-17(12-21-11-13)23-7-6-20(19(23)25)5-4-14-9-15(18(24)22-26)2-3-16(14)10-20/h2-3,8-9,11-12,26H,4-7,10H2,1H3,(H,22,24)/t20-/m0/s1. The SMILES string of the molecule is Cc1cncc(N2CC[C@]3(CCc4cc(C(=O)NO)ccc4C3)C2=O)c1. The van der Waals surface area contributed by atoms with Gasteiger partial charge in [-0.2, -0.15) is 0 Å². The van der Waals surface area contributed by atoms with Crippen molar-refractivity contribution in [3.63, 3.8) is 0 Å². The van der Waals surface area contributed by atoms with Gasteiger partial charge in [0.2, 0.25) is 5.91 Å². The molecule has 0 unspecified atom stereocenters. The van der Waals surface area contributed by atoms with E-state index in [0.29, 0.717) is 18.5 Å². The van der Waals surface area contributed by atoms with E-state index in [2.05, 4.69) is 4.98 Å². The summed E-state index contributed by atoms with van der Waals surface area (Å²) in [7, 11) is 0. The number of rotatable bonds is 2. The monoisotopic (exact) mass is 351 g/mol. The number of aromatic nitrogens is 1. The van der Waals surface area contributed by atoms with Crippen LogP contribution in [-0.4, -0.2) is 28.6 Å². The molecule has 2 amide bonds. The zero-order valence-electron chi connectivity index (χ0n) is 14.7. The summed E-state index contributed by atoms with van der Waals surface area (Å²) in [4.78, 5) is 30.9. The predicted octanol–water partition coefficient (Wildman–Crippen LogP) is 2.42. The van der Waals surface area contributed by atoms with Gasteiger partial charge in [-0.15, -0.1) is 0 Å². The third-order valence-corrected chi connectivity index (χ3v) is 5.66. The molecule has 1 aliphatic carbocycles. The van der Waals surface area contributed by atoms with Gasteiger partial charge in [0.05, 0.1) is 17.3 Å². The lowest BCUT2D eigenvalue weighted by molar-refractivity contribution is -0.126. The van der Waals surface area contributed by atoms with Crippen LogP contribution in [0.5, 0.6) is 0 Å². The number of aryl methyl sites for hydroxylation is 2. The lowest BCUT2D eigenvalue weighted by atomic mass is 9.70. The first kappa shape index (κ1) is 16.7. The summed E-state index contributed by atoms with van der Waals surface area (Å²) in [5.41, 5.74) is 5.85. The minimum Gasteiger partial charge on any atom is -0.310 e. The molecule has 26 heavy (non-hydrogen) atoms. The average molecular weight is 351 g/mol. The van der Waals surface area contributed by atoms with Crippen molar-refractivity contribution >= 4 is 17.5 Å². The highest BCUT2D eigenvalue weighted by Gasteiger charge is 2.48. The van der Waals surface area contributed by atoms with Crippen LogP contribution in [0.1, 0.15) is 39.9 Å². The molecule has 1 aliphatic heterocycles. The average Bonchev–Trinajstić information content (AvgIpc) is 2.96. The molecule has 6 nitrogen and oxygen atoms in total. The zero-order chi connectivity index (χ0) is 18.3. The third-order valence-electron chi connectivity index (χ3n) is 5.66. The zero-order valence-corrected chi connectivity index (χ0v) is 14.7. The van der Waals surface area contributed by atoms with Gasteiger partial charge < -0.3 is 4.90 Å². The number of anilines is 1. The van der Waals surface area contributed by atoms with E-state index in [1.54, 1.807) is 23.9 Å². The fourth-order valence-corrected chi connectivity index (χ4v) is 4.21. The Morgan fingerprint density at radius 2 is 2.08 bits per heavy atom. The van der Waals surface area contributed by atoms with Gasteiger partial charge in [-0.1, -0.05) is 6.07 Å². The largest absolute Gasteiger partial charge is 0.310 e.